The zero-order valence-corrected chi connectivity index (χ0v) is 15.2. The lowest BCUT2D eigenvalue weighted by atomic mass is 9.80. The second-order valence-corrected chi connectivity index (χ2v) is 7.24. The van der Waals surface area contributed by atoms with Crippen LogP contribution >= 0.6 is 24.8 Å². The molecule has 1 saturated carbocycles. The van der Waals surface area contributed by atoms with Crippen molar-refractivity contribution < 1.29 is 4.79 Å². The minimum atomic E-state index is -0.252. The third-order valence-electron chi connectivity index (χ3n) is 6.11. The molecule has 3 aliphatic rings. The van der Waals surface area contributed by atoms with Gasteiger partial charge >= 0.3 is 0 Å². The van der Waals surface area contributed by atoms with Gasteiger partial charge in [0.2, 0.25) is 5.91 Å². The van der Waals surface area contributed by atoms with Gasteiger partial charge in [-0.25, -0.2) is 0 Å². The number of rotatable bonds is 3. The molecule has 0 aromatic heterocycles. The van der Waals surface area contributed by atoms with Crippen LogP contribution in [0, 0.1) is 5.41 Å². The molecule has 22 heavy (non-hydrogen) atoms. The number of hydrogen-bond acceptors (Lipinski definition) is 3. The predicted octanol–water partition coefficient (Wildman–Crippen LogP) is 2.48. The summed E-state index contributed by atoms with van der Waals surface area (Å²) in [5, 5.41) is 3.36. The highest BCUT2D eigenvalue weighted by Crippen LogP contribution is 2.38. The Morgan fingerprint density at radius 2 is 1.68 bits per heavy atom. The predicted molar refractivity (Wildman–Crippen MR) is 94.8 cm³/mol. The summed E-state index contributed by atoms with van der Waals surface area (Å²) in [6.07, 6.45) is 10.5. The molecule has 0 aromatic rings. The number of halogens is 2. The fraction of sp³-hybridized carbons (Fsp3) is 0.938. The SMILES string of the molecule is CN1C2CCCC1CC(NC(=O)C1(CN)CCCC1)C2.Cl.Cl. The summed E-state index contributed by atoms with van der Waals surface area (Å²) in [5.74, 6) is 0.241. The summed E-state index contributed by atoms with van der Waals surface area (Å²) in [6, 6.07) is 1.72. The van der Waals surface area contributed by atoms with E-state index in [2.05, 4.69) is 17.3 Å². The van der Waals surface area contributed by atoms with E-state index < -0.39 is 0 Å². The highest BCUT2D eigenvalue weighted by Gasteiger charge is 2.42. The molecule has 130 valence electrons. The van der Waals surface area contributed by atoms with E-state index in [0.717, 1.165) is 38.5 Å². The minimum Gasteiger partial charge on any atom is -0.353 e. The molecule has 1 aliphatic carbocycles. The molecule has 3 fully saturated rings. The molecule has 2 unspecified atom stereocenters. The van der Waals surface area contributed by atoms with E-state index in [9.17, 15) is 4.79 Å². The first-order valence-electron chi connectivity index (χ1n) is 8.37. The molecule has 4 nitrogen and oxygen atoms in total. The average molecular weight is 352 g/mol. The van der Waals surface area contributed by atoms with E-state index >= 15 is 0 Å². The molecule has 1 amide bonds. The number of nitrogens with zero attached hydrogens (tertiary/aromatic N) is 1. The van der Waals surface area contributed by atoms with Crippen molar-refractivity contribution in [1.82, 2.24) is 10.2 Å². The van der Waals surface area contributed by atoms with Crippen LogP contribution in [0.2, 0.25) is 0 Å². The summed E-state index contributed by atoms with van der Waals surface area (Å²) in [5.41, 5.74) is 5.67. The zero-order valence-electron chi connectivity index (χ0n) is 13.6. The van der Waals surface area contributed by atoms with Crippen molar-refractivity contribution >= 4 is 30.7 Å². The van der Waals surface area contributed by atoms with Gasteiger partial charge in [0.15, 0.2) is 0 Å². The van der Waals surface area contributed by atoms with Gasteiger partial charge in [0, 0.05) is 24.7 Å². The maximum Gasteiger partial charge on any atom is 0.227 e. The lowest BCUT2D eigenvalue weighted by Crippen LogP contribution is -2.57. The smallest absolute Gasteiger partial charge is 0.227 e. The van der Waals surface area contributed by atoms with Gasteiger partial charge < -0.3 is 16.0 Å². The quantitative estimate of drug-likeness (QED) is 0.820. The van der Waals surface area contributed by atoms with Crippen molar-refractivity contribution in [3.8, 4) is 0 Å². The van der Waals surface area contributed by atoms with Gasteiger partial charge in [-0.1, -0.05) is 19.3 Å². The van der Waals surface area contributed by atoms with Crippen molar-refractivity contribution in [2.75, 3.05) is 13.6 Å². The molecule has 0 aromatic carbocycles. The zero-order chi connectivity index (χ0) is 14.2. The Bertz CT molecular complexity index is 360. The monoisotopic (exact) mass is 351 g/mol. The van der Waals surface area contributed by atoms with Crippen LogP contribution in [0.4, 0.5) is 0 Å². The lowest BCUT2D eigenvalue weighted by molar-refractivity contribution is -0.131. The molecule has 3 rings (SSSR count). The number of fused-ring (bicyclic) bond motifs is 2. The molecule has 2 heterocycles. The van der Waals surface area contributed by atoms with Gasteiger partial charge in [-0.05, 0) is 45.6 Å². The topological polar surface area (TPSA) is 58.4 Å². The first-order valence-corrected chi connectivity index (χ1v) is 8.37. The van der Waals surface area contributed by atoms with Gasteiger partial charge in [-0.2, -0.15) is 0 Å². The van der Waals surface area contributed by atoms with Crippen LogP contribution in [0.15, 0.2) is 0 Å². The van der Waals surface area contributed by atoms with E-state index in [1.54, 1.807) is 0 Å². The largest absolute Gasteiger partial charge is 0.353 e. The molecule has 2 aliphatic heterocycles. The van der Waals surface area contributed by atoms with E-state index in [1.165, 1.54) is 19.3 Å². The summed E-state index contributed by atoms with van der Waals surface area (Å²) >= 11 is 0. The maximum atomic E-state index is 12.7. The Hall–Kier alpha value is -0.0300. The van der Waals surface area contributed by atoms with E-state index in [-0.39, 0.29) is 36.1 Å². The van der Waals surface area contributed by atoms with E-state index in [0.29, 0.717) is 24.7 Å². The van der Waals surface area contributed by atoms with E-state index in [1.807, 2.05) is 0 Å². The Kier molecular flexibility index (Phi) is 7.44. The van der Waals surface area contributed by atoms with Crippen LogP contribution in [0.1, 0.15) is 57.8 Å². The standard InChI is InChI=1S/C16H29N3O.2ClH/c1-19-13-5-4-6-14(19)10-12(9-13)18-15(20)16(11-17)7-2-3-8-16;;/h12-14H,2-11,17H2,1H3,(H,18,20);2*1H. The van der Waals surface area contributed by atoms with Crippen LogP contribution in [0.25, 0.3) is 0 Å². The number of hydrogen-bond donors (Lipinski definition) is 2. The van der Waals surface area contributed by atoms with Crippen LogP contribution in [0.3, 0.4) is 0 Å². The molecular formula is C16H31Cl2N3O. The van der Waals surface area contributed by atoms with Crippen LogP contribution in [-0.4, -0.2) is 42.5 Å². The first kappa shape index (κ1) is 20.0. The van der Waals surface area contributed by atoms with Gasteiger partial charge in [0.1, 0.15) is 0 Å². The minimum absolute atomic E-state index is 0. The highest BCUT2D eigenvalue weighted by atomic mass is 35.5. The van der Waals surface area contributed by atoms with Crippen molar-refractivity contribution in [1.29, 1.82) is 0 Å². The molecule has 2 bridgehead atoms. The number of nitrogens with one attached hydrogen (secondary N) is 1. The molecule has 2 atom stereocenters. The first-order chi connectivity index (χ1) is 9.64. The van der Waals surface area contributed by atoms with Crippen LogP contribution in [0.5, 0.6) is 0 Å². The lowest BCUT2D eigenvalue weighted by Gasteiger charge is -2.47. The number of carbonyl (C=O) groups excluding carboxylic acids is 1. The van der Waals surface area contributed by atoms with Gasteiger partial charge in [0.05, 0.1) is 5.41 Å². The normalized spacial score (nSPS) is 33.5. The third-order valence-corrected chi connectivity index (χ3v) is 6.11. The second kappa shape index (κ2) is 8.18. The Balaban J connectivity index is 0.00000121. The fourth-order valence-electron chi connectivity index (χ4n) is 4.65. The average Bonchev–Trinajstić information content (AvgIpc) is 2.90. The number of carbonyl (C=O) groups is 1. The van der Waals surface area contributed by atoms with Crippen molar-refractivity contribution in [2.45, 2.75) is 75.9 Å². The summed E-state index contributed by atoms with van der Waals surface area (Å²) in [6.45, 7) is 0.512. The number of amides is 1. The molecule has 3 N–H and O–H groups in total. The molecule has 0 spiro atoms. The fourth-order valence-corrected chi connectivity index (χ4v) is 4.65. The number of nitrogens with two attached hydrogens (primary N) is 1. The summed E-state index contributed by atoms with van der Waals surface area (Å²) in [4.78, 5) is 15.2. The Morgan fingerprint density at radius 1 is 1.14 bits per heavy atom. The van der Waals surface area contributed by atoms with Gasteiger partial charge in [-0.3, -0.25) is 4.79 Å². The van der Waals surface area contributed by atoms with Crippen molar-refractivity contribution in [2.24, 2.45) is 11.1 Å². The van der Waals surface area contributed by atoms with Crippen molar-refractivity contribution in [3.63, 3.8) is 0 Å². The Labute approximate surface area is 146 Å². The Morgan fingerprint density at radius 3 is 2.18 bits per heavy atom. The van der Waals surface area contributed by atoms with Crippen molar-refractivity contribution in [3.05, 3.63) is 0 Å². The second-order valence-electron chi connectivity index (χ2n) is 7.24. The number of piperidine rings is 2. The van der Waals surface area contributed by atoms with Crippen LogP contribution < -0.4 is 11.1 Å². The summed E-state index contributed by atoms with van der Waals surface area (Å²) < 4.78 is 0. The van der Waals surface area contributed by atoms with Gasteiger partial charge in [0.25, 0.3) is 0 Å². The third kappa shape index (κ3) is 3.72. The molecular weight excluding hydrogens is 321 g/mol. The molecule has 2 saturated heterocycles. The van der Waals surface area contributed by atoms with Crippen LogP contribution in [-0.2, 0) is 4.79 Å². The van der Waals surface area contributed by atoms with Gasteiger partial charge in [-0.15, -0.1) is 24.8 Å². The maximum absolute atomic E-state index is 12.7. The molecule has 6 heteroatoms. The summed E-state index contributed by atoms with van der Waals surface area (Å²) in [7, 11) is 2.25. The highest BCUT2D eigenvalue weighted by molar-refractivity contribution is 5.85. The van der Waals surface area contributed by atoms with E-state index in [4.69, 9.17) is 5.73 Å². The molecule has 0 radical (unpaired) electrons.